The fraction of sp³-hybridized carbons (Fsp3) is 0.391. The normalized spacial score (nSPS) is 14.8. The van der Waals surface area contributed by atoms with Crippen LogP contribution in [-0.4, -0.2) is 40.1 Å². The Hall–Kier alpha value is -2.57. The Morgan fingerprint density at radius 1 is 1.17 bits per heavy atom. The lowest BCUT2D eigenvalue weighted by molar-refractivity contribution is -0.118. The molecule has 0 aliphatic carbocycles. The van der Waals surface area contributed by atoms with Gasteiger partial charge in [0.25, 0.3) is 5.91 Å². The number of aromatic nitrogens is 2. The summed E-state index contributed by atoms with van der Waals surface area (Å²) in [4.78, 5) is 19.6. The number of ether oxygens (including phenoxy) is 1. The Bertz CT molecular complexity index is 1060. The van der Waals surface area contributed by atoms with E-state index in [1.165, 1.54) is 19.3 Å². The fourth-order valence-electron chi connectivity index (χ4n) is 3.84. The molecule has 158 valence electrons. The van der Waals surface area contributed by atoms with Crippen molar-refractivity contribution in [3.05, 3.63) is 52.8 Å². The van der Waals surface area contributed by atoms with Crippen LogP contribution < -0.4 is 10.1 Å². The summed E-state index contributed by atoms with van der Waals surface area (Å²) >= 11 is 6.02. The zero-order valence-electron chi connectivity index (χ0n) is 17.4. The van der Waals surface area contributed by atoms with Gasteiger partial charge in [-0.05, 0) is 74.8 Å². The highest BCUT2D eigenvalue weighted by atomic mass is 35.5. The smallest absolute Gasteiger partial charge is 0.262 e. The minimum atomic E-state index is -0.216. The predicted molar refractivity (Wildman–Crippen MR) is 120 cm³/mol. The monoisotopic (exact) mass is 426 g/mol. The topological polar surface area (TPSA) is 59.4 Å². The number of hydrogen-bond donors (Lipinski definition) is 1. The van der Waals surface area contributed by atoms with E-state index in [-0.39, 0.29) is 12.5 Å². The molecule has 1 aliphatic heterocycles. The molecule has 1 N–H and O–H groups in total. The molecule has 2 aromatic carbocycles. The van der Waals surface area contributed by atoms with Gasteiger partial charge in [-0.3, -0.25) is 9.69 Å². The first kappa shape index (κ1) is 20.7. The highest BCUT2D eigenvalue weighted by Gasteiger charge is 2.15. The lowest BCUT2D eigenvalue weighted by Gasteiger charge is -2.25. The second kappa shape index (κ2) is 9.06. The standard InChI is InChI=1S/C23H27ClN4O2/c1-16-12-18(7-8-19(16)24)30-15-23(29)25-17-6-9-21-20(13-17)26-22(27(21)2)14-28-10-4-3-5-11-28/h6-9,12-13H,3-5,10-11,14-15H2,1-2H3,(H,25,29). The third kappa shape index (κ3) is 4.77. The highest BCUT2D eigenvalue weighted by Crippen LogP contribution is 2.23. The van der Waals surface area contributed by atoms with Crippen LogP contribution in [0.1, 0.15) is 30.7 Å². The number of nitrogens with one attached hydrogen (secondary N) is 1. The number of piperidine rings is 1. The molecule has 0 bridgehead atoms. The zero-order valence-corrected chi connectivity index (χ0v) is 18.2. The van der Waals surface area contributed by atoms with Crippen LogP contribution in [0.3, 0.4) is 0 Å². The van der Waals surface area contributed by atoms with Crippen LogP contribution in [0.5, 0.6) is 5.75 Å². The van der Waals surface area contributed by atoms with Gasteiger partial charge in [0.05, 0.1) is 17.6 Å². The molecule has 1 fully saturated rings. The fourth-order valence-corrected chi connectivity index (χ4v) is 3.96. The number of aryl methyl sites for hydroxylation is 2. The van der Waals surface area contributed by atoms with Crippen molar-refractivity contribution in [1.82, 2.24) is 14.5 Å². The van der Waals surface area contributed by atoms with Crippen LogP contribution in [-0.2, 0) is 18.4 Å². The lowest BCUT2D eigenvalue weighted by Crippen LogP contribution is -2.30. The number of halogens is 1. The van der Waals surface area contributed by atoms with Gasteiger partial charge in [-0.25, -0.2) is 4.98 Å². The maximum Gasteiger partial charge on any atom is 0.262 e. The SMILES string of the molecule is Cc1cc(OCC(=O)Nc2ccc3c(c2)nc(CN2CCCCC2)n3C)ccc1Cl. The van der Waals surface area contributed by atoms with Crippen molar-refractivity contribution in [3.63, 3.8) is 0 Å². The number of benzene rings is 2. The summed E-state index contributed by atoms with van der Waals surface area (Å²) in [5, 5.41) is 3.57. The number of rotatable bonds is 6. The van der Waals surface area contributed by atoms with E-state index in [1.54, 1.807) is 12.1 Å². The van der Waals surface area contributed by atoms with Crippen molar-refractivity contribution in [2.24, 2.45) is 7.05 Å². The highest BCUT2D eigenvalue weighted by molar-refractivity contribution is 6.31. The molecule has 3 aromatic rings. The Labute approximate surface area is 181 Å². The molecule has 30 heavy (non-hydrogen) atoms. The second-order valence-corrected chi connectivity index (χ2v) is 8.28. The first-order valence-corrected chi connectivity index (χ1v) is 10.7. The molecule has 2 heterocycles. The van der Waals surface area contributed by atoms with Crippen molar-refractivity contribution in [2.45, 2.75) is 32.7 Å². The number of amides is 1. The molecule has 4 rings (SSSR count). The number of hydrogen-bond acceptors (Lipinski definition) is 4. The van der Waals surface area contributed by atoms with Crippen LogP contribution in [0.25, 0.3) is 11.0 Å². The minimum Gasteiger partial charge on any atom is -0.484 e. The van der Waals surface area contributed by atoms with Crippen LogP contribution in [0.15, 0.2) is 36.4 Å². The summed E-state index contributed by atoms with van der Waals surface area (Å²) in [5.74, 6) is 1.46. The largest absolute Gasteiger partial charge is 0.484 e. The summed E-state index contributed by atoms with van der Waals surface area (Å²) in [6.45, 7) is 4.97. The van der Waals surface area contributed by atoms with Gasteiger partial charge in [0, 0.05) is 17.8 Å². The van der Waals surface area contributed by atoms with Gasteiger partial charge in [-0.1, -0.05) is 18.0 Å². The van der Waals surface area contributed by atoms with E-state index in [0.29, 0.717) is 16.5 Å². The minimum absolute atomic E-state index is 0.0679. The molecule has 1 aromatic heterocycles. The van der Waals surface area contributed by atoms with Crippen molar-refractivity contribution in [1.29, 1.82) is 0 Å². The molecule has 0 saturated carbocycles. The van der Waals surface area contributed by atoms with Gasteiger partial charge in [0.1, 0.15) is 11.6 Å². The molecule has 0 spiro atoms. The van der Waals surface area contributed by atoms with Crippen molar-refractivity contribution < 1.29 is 9.53 Å². The molecular formula is C23H27ClN4O2. The number of imidazole rings is 1. The van der Waals surface area contributed by atoms with E-state index in [9.17, 15) is 4.79 Å². The molecule has 1 aliphatic rings. The summed E-state index contributed by atoms with van der Waals surface area (Å²) in [6, 6.07) is 11.2. The third-order valence-electron chi connectivity index (χ3n) is 5.57. The number of likely N-dealkylation sites (tertiary alicyclic amines) is 1. The summed E-state index contributed by atoms with van der Waals surface area (Å²) in [6.07, 6.45) is 3.85. The number of nitrogens with zero attached hydrogens (tertiary/aromatic N) is 3. The summed E-state index contributed by atoms with van der Waals surface area (Å²) in [7, 11) is 2.05. The van der Waals surface area contributed by atoms with Gasteiger partial charge < -0.3 is 14.6 Å². The number of fused-ring (bicyclic) bond motifs is 1. The maximum atomic E-state index is 12.3. The first-order valence-electron chi connectivity index (χ1n) is 10.4. The van der Waals surface area contributed by atoms with Gasteiger partial charge in [0.2, 0.25) is 0 Å². The maximum absolute atomic E-state index is 12.3. The number of carbonyl (C=O) groups is 1. The number of anilines is 1. The Balaban J connectivity index is 1.40. The third-order valence-corrected chi connectivity index (χ3v) is 5.99. The molecule has 6 nitrogen and oxygen atoms in total. The van der Waals surface area contributed by atoms with E-state index in [4.69, 9.17) is 21.3 Å². The van der Waals surface area contributed by atoms with Crippen molar-refractivity contribution >= 4 is 34.2 Å². The molecule has 1 amide bonds. The molecule has 1 saturated heterocycles. The quantitative estimate of drug-likeness (QED) is 0.628. The van der Waals surface area contributed by atoms with Crippen molar-refractivity contribution in [2.75, 3.05) is 25.0 Å². The van der Waals surface area contributed by atoms with Gasteiger partial charge >= 0.3 is 0 Å². The second-order valence-electron chi connectivity index (χ2n) is 7.88. The first-order chi connectivity index (χ1) is 14.5. The van der Waals surface area contributed by atoms with E-state index >= 15 is 0 Å². The van der Waals surface area contributed by atoms with Crippen LogP contribution in [0.2, 0.25) is 5.02 Å². The molecule has 0 atom stereocenters. The molecule has 0 unspecified atom stereocenters. The van der Waals surface area contributed by atoms with Gasteiger partial charge in [0.15, 0.2) is 6.61 Å². The Morgan fingerprint density at radius 3 is 2.73 bits per heavy atom. The summed E-state index contributed by atoms with van der Waals surface area (Å²) in [5.41, 5.74) is 3.57. The average molecular weight is 427 g/mol. The molecule has 0 radical (unpaired) electrons. The molecular weight excluding hydrogens is 400 g/mol. The van der Waals surface area contributed by atoms with Gasteiger partial charge in [-0.2, -0.15) is 0 Å². The van der Waals surface area contributed by atoms with Crippen LogP contribution >= 0.6 is 11.6 Å². The van der Waals surface area contributed by atoms with Crippen LogP contribution in [0.4, 0.5) is 5.69 Å². The zero-order chi connectivity index (χ0) is 21.1. The average Bonchev–Trinajstić information content (AvgIpc) is 3.04. The van der Waals surface area contributed by atoms with E-state index in [2.05, 4.69) is 21.8 Å². The van der Waals surface area contributed by atoms with E-state index in [0.717, 1.165) is 42.1 Å². The van der Waals surface area contributed by atoms with Crippen molar-refractivity contribution in [3.8, 4) is 5.75 Å². The predicted octanol–water partition coefficient (Wildman–Crippen LogP) is 4.54. The number of carbonyl (C=O) groups excluding carboxylic acids is 1. The lowest BCUT2D eigenvalue weighted by atomic mass is 10.1. The Morgan fingerprint density at radius 2 is 1.97 bits per heavy atom. The molecule has 7 heteroatoms. The van der Waals surface area contributed by atoms with E-state index < -0.39 is 0 Å². The van der Waals surface area contributed by atoms with Crippen LogP contribution in [0, 0.1) is 6.92 Å². The van der Waals surface area contributed by atoms with E-state index in [1.807, 2.05) is 31.2 Å². The Kier molecular flexibility index (Phi) is 6.25. The summed E-state index contributed by atoms with van der Waals surface area (Å²) < 4.78 is 7.72. The van der Waals surface area contributed by atoms with Gasteiger partial charge in [-0.15, -0.1) is 0 Å².